The van der Waals surface area contributed by atoms with E-state index in [4.69, 9.17) is 32.7 Å². The average Bonchev–Trinajstić information content (AvgIpc) is 2.48. The minimum atomic E-state index is -0.542. The summed E-state index contributed by atoms with van der Waals surface area (Å²) in [6, 6.07) is 7.20. The van der Waals surface area contributed by atoms with Gasteiger partial charge in [0.05, 0.1) is 22.6 Å². The quantitative estimate of drug-likeness (QED) is 0.677. The summed E-state index contributed by atoms with van der Waals surface area (Å²) < 4.78 is 10.00. The molecule has 2 rings (SSSR count). The Morgan fingerprint density at radius 3 is 2.62 bits per heavy atom. The van der Waals surface area contributed by atoms with Gasteiger partial charge in [0.25, 0.3) is 5.91 Å². The smallest absolute Gasteiger partial charge is 0.256 e. The highest BCUT2D eigenvalue weighted by atomic mass is 35.5. The molecule has 1 N–H and O–H groups in total. The standard InChI is InChI=1S/C14H14Cl2N2O3/c1-20-10(21-2)7-17-14(19)11-12(15)8-5-3-4-6-9(8)18-13(11)16/h3-6,10H,7H2,1-2H3,(H,17,19). The number of para-hydroxylation sites is 1. The van der Waals surface area contributed by atoms with Gasteiger partial charge in [0.1, 0.15) is 5.15 Å². The number of rotatable bonds is 5. The van der Waals surface area contributed by atoms with Crippen LogP contribution in [0.2, 0.25) is 10.2 Å². The molecule has 0 aliphatic rings. The Balaban J connectivity index is 2.31. The van der Waals surface area contributed by atoms with E-state index in [0.717, 1.165) is 0 Å². The summed E-state index contributed by atoms with van der Waals surface area (Å²) in [5, 5.41) is 3.65. The van der Waals surface area contributed by atoms with Gasteiger partial charge in [0, 0.05) is 19.6 Å². The fraction of sp³-hybridized carbons (Fsp3) is 0.286. The Bertz CT molecular complexity index is 660. The zero-order valence-corrected chi connectivity index (χ0v) is 13.0. The van der Waals surface area contributed by atoms with Crippen molar-refractivity contribution in [3.63, 3.8) is 0 Å². The van der Waals surface area contributed by atoms with Crippen LogP contribution in [0, 0.1) is 0 Å². The zero-order valence-electron chi connectivity index (χ0n) is 11.5. The largest absolute Gasteiger partial charge is 0.354 e. The highest BCUT2D eigenvalue weighted by Gasteiger charge is 2.19. The third-order valence-corrected chi connectivity index (χ3v) is 3.63. The third-order valence-electron chi connectivity index (χ3n) is 2.97. The van der Waals surface area contributed by atoms with E-state index in [2.05, 4.69) is 10.3 Å². The molecule has 1 aromatic heterocycles. The first-order valence-corrected chi connectivity index (χ1v) is 6.91. The van der Waals surface area contributed by atoms with E-state index in [1.54, 1.807) is 12.1 Å². The molecule has 1 heterocycles. The van der Waals surface area contributed by atoms with Crippen molar-refractivity contribution in [3.8, 4) is 0 Å². The van der Waals surface area contributed by atoms with E-state index >= 15 is 0 Å². The molecular formula is C14H14Cl2N2O3. The SMILES string of the molecule is COC(CNC(=O)c1c(Cl)nc2ccccc2c1Cl)OC. The van der Waals surface area contributed by atoms with Crippen LogP contribution in [-0.2, 0) is 9.47 Å². The number of carbonyl (C=O) groups excluding carboxylic acids is 1. The van der Waals surface area contributed by atoms with Crippen molar-refractivity contribution in [1.82, 2.24) is 10.3 Å². The Hall–Kier alpha value is -1.40. The van der Waals surface area contributed by atoms with Crippen molar-refractivity contribution < 1.29 is 14.3 Å². The van der Waals surface area contributed by atoms with Crippen LogP contribution in [0.15, 0.2) is 24.3 Å². The molecule has 0 bridgehead atoms. The number of halogens is 2. The molecule has 1 aromatic carbocycles. The molecule has 0 atom stereocenters. The summed E-state index contributed by atoms with van der Waals surface area (Å²) in [5.41, 5.74) is 0.777. The van der Waals surface area contributed by atoms with Crippen molar-refractivity contribution >= 4 is 40.0 Å². The number of nitrogens with one attached hydrogen (secondary N) is 1. The molecule has 0 saturated carbocycles. The number of hydrogen-bond acceptors (Lipinski definition) is 4. The number of methoxy groups -OCH3 is 2. The Morgan fingerprint density at radius 1 is 1.29 bits per heavy atom. The topological polar surface area (TPSA) is 60.5 Å². The number of hydrogen-bond donors (Lipinski definition) is 1. The summed E-state index contributed by atoms with van der Waals surface area (Å²) >= 11 is 12.3. The number of fused-ring (bicyclic) bond motifs is 1. The number of amides is 1. The Kier molecular flexibility index (Phi) is 5.36. The van der Waals surface area contributed by atoms with Gasteiger partial charge in [-0.2, -0.15) is 0 Å². The van der Waals surface area contributed by atoms with E-state index < -0.39 is 12.2 Å². The minimum Gasteiger partial charge on any atom is -0.354 e. The van der Waals surface area contributed by atoms with E-state index in [9.17, 15) is 4.79 Å². The molecule has 1 amide bonds. The highest BCUT2D eigenvalue weighted by Crippen LogP contribution is 2.30. The summed E-state index contributed by atoms with van der Waals surface area (Å²) in [6.45, 7) is 0.172. The van der Waals surface area contributed by atoms with Crippen molar-refractivity contribution in [1.29, 1.82) is 0 Å². The fourth-order valence-electron chi connectivity index (χ4n) is 1.86. The average molecular weight is 329 g/mol. The Morgan fingerprint density at radius 2 is 1.95 bits per heavy atom. The van der Waals surface area contributed by atoms with E-state index in [0.29, 0.717) is 10.9 Å². The molecule has 0 saturated heterocycles. The van der Waals surface area contributed by atoms with Gasteiger partial charge in [-0.25, -0.2) is 4.98 Å². The number of ether oxygens (including phenoxy) is 2. The second-order valence-corrected chi connectivity index (χ2v) is 4.96. The summed E-state index contributed by atoms with van der Waals surface area (Å²) in [4.78, 5) is 16.4. The number of pyridine rings is 1. The van der Waals surface area contributed by atoms with Crippen molar-refractivity contribution in [2.75, 3.05) is 20.8 Å². The van der Waals surface area contributed by atoms with Gasteiger partial charge in [0.15, 0.2) is 6.29 Å². The maximum atomic E-state index is 12.2. The summed E-state index contributed by atoms with van der Waals surface area (Å²) in [7, 11) is 2.97. The van der Waals surface area contributed by atoms with Crippen molar-refractivity contribution in [3.05, 3.63) is 40.0 Å². The van der Waals surface area contributed by atoms with Crippen molar-refractivity contribution in [2.45, 2.75) is 6.29 Å². The van der Waals surface area contributed by atoms with Crippen molar-refractivity contribution in [2.24, 2.45) is 0 Å². The molecule has 0 aliphatic carbocycles. The number of aromatic nitrogens is 1. The lowest BCUT2D eigenvalue weighted by Crippen LogP contribution is -2.34. The molecule has 0 radical (unpaired) electrons. The van der Waals surface area contributed by atoms with Crippen LogP contribution in [0.25, 0.3) is 10.9 Å². The van der Waals surface area contributed by atoms with Gasteiger partial charge in [0.2, 0.25) is 0 Å². The van der Waals surface area contributed by atoms with Crippen LogP contribution in [0.1, 0.15) is 10.4 Å². The Labute approximate surface area is 132 Å². The minimum absolute atomic E-state index is 0.0579. The predicted molar refractivity (Wildman–Crippen MR) is 81.9 cm³/mol. The number of benzene rings is 1. The number of nitrogens with zero attached hydrogens (tertiary/aromatic N) is 1. The normalized spacial score (nSPS) is 11.1. The number of carbonyl (C=O) groups is 1. The van der Waals surface area contributed by atoms with Crippen LogP contribution in [0.4, 0.5) is 0 Å². The first kappa shape index (κ1) is 16.0. The van der Waals surface area contributed by atoms with E-state index in [1.807, 2.05) is 12.1 Å². The van der Waals surface area contributed by atoms with Gasteiger partial charge in [-0.15, -0.1) is 0 Å². The second kappa shape index (κ2) is 7.04. The lowest BCUT2D eigenvalue weighted by molar-refractivity contribution is -0.0974. The van der Waals surface area contributed by atoms with Gasteiger partial charge in [-0.3, -0.25) is 4.79 Å². The molecule has 0 fully saturated rings. The molecule has 112 valence electrons. The molecule has 0 unspecified atom stereocenters. The molecule has 0 spiro atoms. The van der Waals surface area contributed by atoms with Crippen LogP contribution < -0.4 is 5.32 Å². The monoisotopic (exact) mass is 328 g/mol. The van der Waals surface area contributed by atoms with E-state index in [1.165, 1.54) is 14.2 Å². The van der Waals surface area contributed by atoms with Gasteiger partial charge in [-0.05, 0) is 6.07 Å². The lowest BCUT2D eigenvalue weighted by atomic mass is 10.1. The molecule has 0 aliphatic heterocycles. The molecule has 7 heteroatoms. The van der Waals surface area contributed by atoms with Crippen LogP contribution in [0.5, 0.6) is 0 Å². The van der Waals surface area contributed by atoms with Crippen LogP contribution in [-0.4, -0.2) is 37.9 Å². The maximum absolute atomic E-state index is 12.2. The van der Waals surface area contributed by atoms with E-state index in [-0.39, 0.29) is 22.3 Å². The molecular weight excluding hydrogens is 315 g/mol. The van der Waals surface area contributed by atoms with Crippen LogP contribution in [0.3, 0.4) is 0 Å². The second-order valence-electron chi connectivity index (χ2n) is 4.22. The zero-order chi connectivity index (χ0) is 15.4. The maximum Gasteiger partial charge on any atom is 0.256 e. The lowest BCUT2D eigenvalue weighted by Gasteiger charge is -2.15. The third kappa shape index (κ3) is 3.44. The molecule has 2 aromatic rings. The summed E-state index contributed by atoms with van der Waals surface area (Å²) in [5.74, 6) is -0.428. The predicted octanol–water partition coefficient (Wildman–Crippen LogP) is 2.89. The first-order valence-electron chi connectivity index (χ1n) is 6.16. The highest BCUT2D eigenvalue weighted by molar-refractivity contribution is 6.42. The molecule has 5 nitrogen and oxygen atoms in total. The summed E-state index contributed by atoms with van der Waals surface area (Å²) in [6.07, 6.45) is -0.542. The molecule has 21 heavy (non-hydrogen) atoms. The fourth-order valence-corrected chi connectivity index (χ4v) is 2.52. The van der Waals surface area contributed by atoms with Gasteiger partial charge in [-0.1, -0.05) is 41.4 Å². The first-order chi connectivity index (χ1) is 10.1. The van der Waals surface area contributed by atoms with Crippen LogP contribution >= 0.6 is 23.2 Å². The van der Waals surface area contributed by atoms with Gasteiger partial charge < -0.3 is 14.8 Å². The van der Waals surface area contributed by atoms with Gasteiger partial charge >= 0.3 is 0 Å².